The Labute approximate surface area is 139 Å². The number of nitrogens with zero attached hydrogens (tertiary/aromatic N) is 2. The van der Waals surface area contributed by atoms with Crippen molar-refractivity contribution in [1.29, 1.82) is 0 Å². The molecule has 23 heavy (non-hydrogen) atoms. The minimum absolute atomic E-state index is 0.0580. The van der Waals surface area contributed by atoms with E-state index in [-0.39, 0.29) is 17.4 Å². The summed E-state index contributed by atoms with van der Waals surface area (Å²) in [6, 6.07) is -0.241. The van der Waals surface area contributed by atoms with E-state index in [0.29, 0.717) is 24.6 Å². The molecule has 3 rings (SSSR count). The van der Waals surface area contributed by atoms with Crippen LogP contribution in [0.2, 0.25) is 0 Å². The molecule has 0 spiro atoms. The third-order valence-corrected chi connectivity index (χ3v) is 5.83. The molecule has 126 valence electrons. The molecule has 1 aliphatic carbocycles. The van der Waals surface area contributed by atoms with E-state index in [1.807, 2.05) is 5.38 Å². The van der Waals surface area contributed by atoms with Gasteiger partial charge in [-0.05, 0) is 18.8 Å². The second-order valence-electron chi connectivity index (χ2n) is 7.65. The molecule has 1 aliphatic heterocycles. The van der Waals surface area contributed by atoms with E-state index in [1.54, 1.807) is 4.90 Å². The highest BCUT2D eigenvalue weighted by atomic mass is 32.1. The van der Waals surface area contributed by atoms with Crippen LogP contribution >= 0.6 is 11.3 Å². The average molecular weight is 337 g/mol. The monoisotopic (exact) mass is 337 g/mol. The van der Waals surface area contributed by atoms with E-state index in [2.05, 4.69) is 31.1 Å². The van der Waals surface area contributed by atoms with Crippen molar-refractivity contribution in [3.63, 3.8) is 0 Å². The first-order valence-corrected chi connectivity index (χ1v) is 8.86. The van der Waals surface area contributed by atoms with E-state index in [0.717, 1.165) is 18.5 Å². The molecule has 1 aromatic rings. The molecule has 0 aromatic carbocycles. The fourth-order valence-electron chi connectivity index (χ4n) is 3.64. The number of nitrogens with one attached hydrogen (secondary N) is 1. The second kappa shape index (κ2) is 5.47. The number of likely N-dealkylation sites (tertiary alicyclic amines) is 1. The van der Waals surface area contributed by atoms with Crippen molar-refractivity contribution < 1.29 is 14.7 Å². The number of anilines is 1. The van der Waals surface area contributed by atoms with Crippen molar-refractivity contribution >= 4 is 28.5 Å². The zero-order valence-electron chi connectivity index (χ0n) is 13.8. The van der Waals surface area contributed by atoms with Gasteiger partial charge in [-0.2, -0.15) is 0 Å². The van der Waals surface area contributed by atoms with E-state index in [4.69, 9.17) is 0 Å². The number of fused-ring (bicyclic) bond motifs is 1. The standard InChI is InChI=1S/C16H23N3O3S/c1-15(2,3)11-8-23-13(17-11)18-14(22)19-7-10-5-4-6-16(10,9-19)12(20)21/h8,10H,4-7,9H2,1-3H3,(H,20,21)(H,17,18,22)/t10-,16+/m0/s1. The van der Waals surface area contributed by atoms with Gasteiger partial charge in [-0.25, -0.2) is 9.78 Å². The number of aromatic nitrogens is 1. The Hall–Kier alpha value is -1.63. The van der Waals surface area contributed by atoms with Gasteiger partial charge in [0.05, 0.1) is 11.1 Å². The summed E-state index contributed by atoms with van der Waals surface area (Å²) in [5.41, 5.74) is 0.145. The van der Waals surface area contributed by atoms with Crippen LogP contribution in [0.1, 0.15) is 45.7 Å². The van der Waals surface area contributed by atoms with Crippen LogP contribution in [0.25, 0.3) is 0 Å². The number of urea groups is 1. The Morgan fingerprint density at radius 1 is 1.48 bits per heavy atom. The van der Waals surface area contributed by atoms with Gasteiger partial charge in [0.25, 0.3) is 0 Å². The van der Waals surface area contributed by atoms with Crippen molar-refractivity contribution in [2.45, 2.75) is 45.4 Å². The number of hydrogen-bond acceptors (Lipinski definition) is 4. The van der Waals surface area contributed by atoms with E-state index in [9.17, 15) is 14.7 Å². The average Bonchev–Trinajstić information content (AvgIpc) is 3.09. The summed E-state index contributed by atoms with van der Waals surface area (Å²) in [5, 5.41) is 14.9. The molecule has 2 N–H and O–H groups in total. The smallest absolute Gasteiger partial charge is 0.323 e. The number of carbonyl (C=O) groups is 2. The number of carboxylic acids is 1. The second-order valence-corrected chi connectivity index (χ2v) is 8.51. The Morgan fingerprint density at radius 2 is 2.22 bits per heavy atom. The topological polar surface area (TPSA) is 82.5 Å². The van der Waals surface area contributed by atoms with Gasteiger partial charge in [0.1, 0.15) is 0 Å². The minimum atomic E-state index is -0.764. The molecule has 1 saturated carbocycles. The van der Waals surface area contributed by atoms with E-state index >= 15 is 0 Å². The molecule has 2 atom stereocenters. The molecule has 0 bridgehead atoms. The van der Waals surface area contributed by atoms with Gasteiger partial charge in [0, 0.05) is 23.9 Å². The van der Waals surface area contributed by atoms with E-state index in [1.165, 1.54) is 11.3 Å². The number of aliphatic carboxylic acids is 1. The highest BCUT2D eigenvalue weighted by Crippen LogP contribution is 2.49. The fraction of sp³-hybridized carbons (Fsp3) is 0.688. The van der Waals surface area contributed by atoms with Crippen molar-refractivity contribution in [1.82, 2.24) is 9.88 Å². The molecule has 2 fully saturated rings. The van der Waals surface area contributed by atoms with Crippen LogP contribution in [0.4, 0.5) is 9.93 Å². The zero-order valence-corrected chi connectivity index (χ0v) is 14.6. The van der Waals surface area contributed by atoms with Gasteiger partial charge in [0.2, 0.25) is 0 Å². The first kappa shape index (κ1) is 16.2. The van der Waals surface area contributed by atoms with Crippen molar-refractivity contribution in [3.8, 4) is 0 Å². The van der Waals surface area contributed by atoms with Crippen LogP contribution in [0.5, 0.6) is 0 Å². The van der Waals surface area contributed by atoms with Crippen LogP contribution in [0.3, 0.4) is 0 Å². The number of carbonyl (C=O) groups excluding carboxylic acids is 1. The lowest BCUT2D eigenvalue weighted by Crippen LogP contribution is -2.38. The van der Waals surface area contributed by atoms with Crippen molar-refractivity contribution in [2.24, 2.45) is 11.3 Å². The molecule has 0 unspecified atom stereocenters. The molecule has 1 aromatic heterocycles. The predicted molar refractivity (Wildman–Crippen MR) is 88.8 cm³/mol. The summed E-state index contributed by atoms with van der Waals surface area (Å²) < 4.78 is 0. The number of amides is 2. The van der Waals surface area contributed by atoms with Crippen LogP contribution in [-0.2, 0) is 10.2 Å². The summed E-state index contributed by atoms with van der Waals surface area (Å²) >= 11 is 1.40. The lowest BCUT2D eigenvalue weighted by molar-refractivity contribution is -0.149. The largest absolute Gasteiger partial charge is 0.481 e. The highest BCUT2D eigenvalue weighted by molar-refractivity contribution is 7.13. The molecular weight excluding hydrogens is 314 g/mol. The molecule has 2 heterocycles. The normalized spacial score (nSPS) is 27.1. The third kappa shape index (κ3) is 2.82. The first-order valence-electron chi connectivity index (χ1n) is 7.98. The van der Waals surface area contributed by atoms with Gasteiger partial charge in [-0.1, -0.05) is 27.2 Å². The highest BCUT2D eigenvalue weighted by Gasteiger charge is 2.55. The quantitative estimate of drug-likeness (QED) is 0.868. The van der Waals surface area contributed by atoms with Crippen LogP contribution < -0.4 is 5.32 Å². The minimum Gasteiger partial charge on any atom is -0.481 e. The number of carboxylic acid groups (broad SMARTS) is 1. The number of thiazole rings is 1. The van der Waals surface area contributed by atoms with Crippen LogP contribution in [0, 0.1) is 11.3 Å². The van der Waals surface area contributed by atoms with Crippen LogP contribution in [-0.4, -0.2) is 40.1 Å². The lowest BCUT2D eigenvalue weighted by Gasteiger charge is -2.23. The summed E-state index contributed by atoms with van der Waals surface area (Å²) in [4.78, 5) is 30.2. The Kier molecular flexibility index (Phi) is 3.86. The Bertz CT molecular complexity index is 637. The van der Waals surface area contributed by atoms with Gasteiger partial charge in [0.15, 0.2) is 5.13 Å². The molecular formula is C16H23N3O3S. The van der Waals surface area contributed by atoms with Gasteiger partial charge < -0.3 is 10.0 Å². The summed E-state index contributed by atoms with van der Waals surface area (Å²) in [5.74, 6) is -0.688. The molecule has 1 saturated heterocycles. The maximum Gasteiger partial charge on any atom is 0.323 e. The zero-order chi connectivity index (χ0) is 16.8. The Morgan fingerprint density at radius 3 is 2.78 bits per heavy atom. The summed E-state index contributed by atoms with van der Waals surface area (Å²) in [6.45, 7) is 7.05. The molecule has 7 heteroatoms. The summed E-state index contributed by atoms with van der Waals surface area (Å²) in [7, 11) is 0. The molecule has 0 radical (unpaired) electrons. The third-order valence-electron chi connectivity index (χ3n) is 5.07. The maximum absolute atomic E-state index is 12.5. The molecule has 2 amide bonds. The maximum atomic E-state index is 12.5. The summed E-state index contributed by atoms with van der Waals surface area (Å²) in [6.07, 6.45) is 2.50. The van der Waals surface area contributed by atoms with Gasteiger partial charge >= 0.3 is 12.0 Å². The van der Waals surface area contributed by atoms with Crippen molar-refractivity contribution in [3.05, 3.63) is 11.1 Å². The Balaban J connectivity index is 1.68. The number of rotatable bonds is 2. The lowest BCUT2D eigenvalue weighted by atomic mass is 9.81. The SMILES string of the molecule is CC(C)(C)c1csc(NC(=O)N2C[C@@H]3CCC[C@@]3(C(=O)O)C2)n1. The van der Waals surface area contributed by atoms with Crippen LogP contribution in [0.15, 0.2) is 5.38 Å². The van der Waals surface area contributed by atoms with E-state index < -0.39 is 11.4 Å². The van der Waals surface area contributed by atoms with Gasteiger partial charge in [-0.15, -0.1) is 11.3 Å². The first-order chi connectivity index (χ1) is 10.7. The number of hydrogen-bond donors (Lipinski definition) is 2. The fourth-order valence-corrected chi connectivity index (χ4v) is 4.57. The van der Waals surface area contributed by atoms with Crippen molar-refractivity contribution in [2.75, 3.05) is 18.4 Å². The van der Waals surface area contributed by atoms with Gasteiger partial charge in [-0.3, -0.25) is 10.1 Å². The molecule has 6 nitrogen and oxygen atoms in total. The molecule has 2 aliphatic rings. The predicted octanol–water partition coefficient (Wildman–Crippen LogP) is 3.16.